The molecule has 2 amide bonds. The number of hydrazine groups is 1. The highest BCUT2D eigenvalue weighted by molar-refractivity contribution is 6.31. The Morgan fingerprint density at radius 1 is 1.12 bits per heavy atom. The quantitative estimate of drug-likeness (QED) is 0.664. The topological polar surface area (TPSA) is 61.9 Å². The van der Waals surface area contributed by atoms with Gasteiger partial charge in [-0.25, -0.2) is 5.01 Å². The number of rotatable bonds is 5. The Bertz CT molecular complexity index is 860. The van der Waals surface area contributed by atoms with E-state index < -0.39 is 5.91 Å². The van der Waals surface area contributed by atoms with Gasteiger partial charge in [-0.3, -0.25) is 15.0 Å². The summed E-state index contributed by atoms with van der Waals surface area (Å²) in [7, 11) is 3.88. The number of carbonyl (C=O) groups is 2. The standard InChI is InChI=1S/C20H21N3O3/c1-4-26-18-13-16(22(2)3)11-10-14(18)12-17-19(24)21-23(20(17)25)15-8-6-5-7-9-15/h5-13H,4H2,1-3H3,(H,21,24). The van der Waals surface area contributed by atoms with Crippen molar-refractivity contribution in [2.45, 2.75) is 6.92 Å². The van der Waals surface area contributed by atoms with Gasteiger partial charge >= 0.3 is 0 Å². The summed E-state index contributed by atoms with van der Waals surface area (Å²) in [5.74, 6) is -0.191. The zero-order valence-electron chi connectivity index (χ0n) is 15.0. The first-order valence-electron chi connectivity index (χ1n) is 8.37. The van der Waals surface area contributed by atoms with Crippen LogP contribution in [-0.4, -0.2) is 32.5 Å². The Balaban J connectivity index is 1.97. The Hall–Kier alpha value is -3.28. The average Bonchev–Trinajstić information content (AvgIpc) is 2.92. The smallest absolute Gasteiger partial charge is 0.282 e. The van der Waals surface area contributed by atoms with Gasteiger partial charge < -0.3 is 9.64 Å². The zero-order valence-corrected chi connectivity index (χ0v) is 15.0. The molecule has 26 heavy (non-hydrogen) atoms. The summed E-state index contributed by atoms with van der Waals surface area (Å²) < 4.78 is 5.69. The SMILES string of the molecule is CCOc1cc(N(C)C)ccc1C=C1C(=O)NN(c2ccccc2)C1=O. The van der Waals surface area contributed by atoms with Crippen LogP contribution in [0.4, 0.5) is 11.4 Å². The number of anilines is 2. The highest BCUT2D eigenvalue weighted by Crippen LogP contribution is 2.29. The number of hydrogen-bond donors (Lipinski definition) is 1. The number of nitrogens with one attached hydrogen (secondary N) is 1. The first kappa shape index (κ1) is 17.5. The van der Waals surface area contributed by atoms with Gasteiger partial charge in [0.2, 0.25) is 0 Å². The molecule has 0 unspecified atom stereocenters. The molecule has 6 nitrogen and oxygen atoms in total. The van der Waals surface area contributed by atoms with Crippen molar-refractivity contribution >= 4 is 29.3 Å². The van der Waals surface area contributed by atoms with E-state index in [1.54, 1.807) is 18.2 Å². The lowest BCUT2D eigenvalue weighted by molar-refractivity contribution is -0.117. The van der Waals surface area contributed by atoms with Gasteiger partial charge in [0.05, 0.1) is 12.3 Å². The predicted molar refractivity (Wildman–Crippen MR) is 102 cm³/mol. The van der Waals surface area contributed by atoms with Crippen molar-refractivity contribution in [3.8, 4) is 5.75 Å². The van der Waals surface area contributed by atoms with Crippen molar-refractivity contribution < 1.29 is 14.3 Å². The van der Waals surface area contributed by atoms with E-state index in [9.17, 15) is 9.59 Å². The molecule has 0 aliphatic carbocycles. The molecule has 0 atom stereocenters. The molecule has 3 rings (SSSR count). The van der Waals surface area contributed by atoms with Crippen LogP contribution in [0, 0.1) is 0 Å². The van der Waals surface area contributed by atoms with Gasteiger partial charge in [0.15, 0.2) is 0 Å². The number of nitrogens with zero attached hydrogens (tertiary/aromatic N) is 2. The van der Waals surface area contributed by atoms with E-state index >= 15 is 0 Å². The third-order valence-corrected chi connectivity index (χ3v) is 4.02. The molecule has 2 aromatic carbocycles. The van der Waals surface area contributed by atoms with Crippen molar-refractivity contribution in [1.82, 2.24) is 5.43 Å². The van der Waals surface area contributed by atoms with E-state index in [1.807, 2.05) is 62.3 Å². The lowest BCUT2D eigenvalue weighted by atomic mass is 10.1. The fourth-order valence-corrected chi connectivity index (χ4v) is 2.67. The maximum atomic E-state index is 12.7. The second-order valence-corrected chi connectivity index (χ2v) is 6.02. The summed E-state index contributed by atoms with van der Waals surface area (Å²) in [5.41, 5.74) is 4.95. The van der Waals surface area contributed by atoms with Crippen LogP contribution in [0.2, 0.25) is 0 Å². The van der Waals surface area contributed by atoms with Crippen molar-refractivity contribution in [3.05, 3.63) is 59.7 Å². The summed E-state index contributed by atoms with van der Waals surface area (Å²) in [6.45, 7) is 2.38. The summed E-state index contributed by atoms with van der Waals surface area (Å²) in [6, 6.07) is 14.6. The van der Waals surface area contributed by atoms with Crippen LogP contribution in [0.25, 0.3) is 6.08 Å². The van der Waals surface area contributed by atoms with Crippen molar-refractivity contribution in [1.29, 1.82) is 0 Å². The Labute approximate surface area is 152 Å². The van der Waals surface area contributed by atoms with Gasteiger partial charge in [-0.05, 0) is 37.3 Å². The third kappa shape index (κ3) is 3.39. The van der Waals surface area contributed by atoms with Crippen molar-refractivity contribution in [3.63, 3.8) is 0 Å². The number of benzene rings is 2. The molecule has 2 aromatic rings. The molecule has 0 saturated carbocycles. The maximum absolute atomic E-state index is 12.7. The fourth-order valence-electron chi connectivity index (χ4n) is 2.67. The first-order valence-corrected chi connectivity index (χ1v) is 8.37. The molecule has 134 valence electrons. The van der Waals surface area contributed by atoms with Crippen LogP contribution in [0.1, 0.15) is 12.5 Å². The first-order chi connectivity index (χ1) is 12.5. The minimum atomic E-state index is -0.432. The van der Waals surface area contributed by atoms with Crippen molar-refractivity contribution in [2.24, 2.45) is 0 Å². The number of carbonyl (C=O) groups excluding carboxylic acids is 2. The monoisotopic (exact) mass is 351 g/mol. The summed E-state index contributed by atoms with van der Waals surface area (Å²) in [4.78, 5) is 27.0. The van der Waals surface area contributed by atoms with Gasteiger partial charge in [0, 0.05) is 31.4 Å². The molecule has 0 bridgehead atoms. The van der Waals surface area contributed by atoms with Crippen LogP contribution in [0.5, 0.6) is 5.75 Å². The number of hydrogen-bond acceptors (Lipinski definition) is 4. The molecule has 6 heteroatoms. The van der Waals surface area contributed by atoms with Crippen LogP contribution >= 0.6 is 0 Å². The summed E-state index contributed by atoms with van der Waals surface area (Å²) in [5, 5.41) is 1.25. The average molecular weight is 351 g/mol. The normalized spacial score (nSPS) is 15.3. The lowest BCUT2D eigenvalue weighted by Gasteiger charge is -2.16. The molecular formula is C20H21N3O3. The van der Waals surface area contributed by atoms with Crippen molar-refractivity contribution in [2.75, 3.05) is 30.6 Å². The van der Waals surface area contributed by atoms with Crippen LogP contribution in [0.15, 0.2) is 54.1 Å². The summed E-state index contributed by atoms with van der Waals surface area (Å²) >= 11 is 0. The molecule has 1 aliphatic rings. The highest BCUT2D eigenvalue weighted by Gasteiger charge is 2.34. The van der Waals surface area contributed by atoms with Gasteiger partial charge in [0.25, 0.3) is 11.8 Å². The Morgan fingerprint density at radius 2 is 1.85 bits per heavy atom. The maximum Gasteiger partial charge on any atom is 0.282 e. The molecule has 0 aromatic heterocycles. The summed E-state index contributed by atoms with van der Waals surface area (Å²) in [6.07, 6.45) is 1.57. The third-order valence-electron chi connectivity index (χ3n) is 4.02. The Kier molecular flexibility index (Phi) is 4.93. The van der Waals surface area contributed by atoms with Gasteiger partial charge in [-0.15, -0.1) is 0 Å². The predicted octanol–water partition coefficient (Wildman–Crippen LogP) is 2.61. The molecule has 1 fully saturated rings. The zero-order chi connectivity index (χ0) is 18.7. The minimum absolute atomic E-state index is 0.0763. The van der Waals surface area contributed by atoms with E-state index in [2.05, 4.69) is 5.43 Å². The highest BCUT2D eigenvalue weighted by atomic mass is 16.5. The van der Waals surface area contributed by atoms with E-state index in [-0.39, 0.29) is 11.5 Å². The van der Waals surface area contributed by atoms with E-state index in [1.165, 1.54) is 5.01 Å². The molecule has 1 heterocycles. The fraction of sp³-hybridized carbons (Fsp3) is 0.200. The van der Waals surface area contributed by atoms with Crippen LogP contribution in [0.3, 0.4) is 0 Å². The van der Waals surface area contributed by atoms with E-state index in [0.29, 0.717) is 23.6 Å². The second kappa shape index (κ2) is 7.31. The van der Waals surface area contributed by atoms with Gasteiger partial charge in [-0.1, -0.05) is 18.2 Å². The van der Waals surface area contributed by atoms with Gasteiger partial charge in [-0.2, -0.15) is 0 Å². The Morgan fingerprint density at radius 3 is 2.50 bits per heavy atom. The second-order valence-electron chi connectivity index (χ2n) is 6.02. The molecule has 1 saturated heterocycles. The molecular weight excluding hydrogens is 330 g/mol. The molecule has 0 spiro atoms. The largest absolute Gasteiger partial charge is 0.493 e. The number of amides is 2. The molecule has 1 aliphatic heterocycles. The van der Waals surface area contributed by atoms with E-state index in [4.69, 9.17) is 4.74 Å². The van der Waals surface area contributed by atoms with Crippen LogP contribution < -0.4 is 20.1 Å². The van der Waals surface area contributed by atoms with Gasteiger partial charge in [0.1, 0.15) is 11.3 Å². The number of ether oxygens (including phenoxy) is 1. The van der Waals surface area contributed by atoms with E-state index in [0.717, 1.165) is 5.69 Å². The number of para-hydroxylation sites is 1. The lowest BCUT2D eigenvalue weighted by Crippen LogP contribution is -2.35. The minimum Gasteiger partial charge on any atom is -0.493 e. The molecule has 1 N–H and O–H groups in total. The van der Waals surface area contributed by atoms with Crippen LogP contribution in [-0.2, 0) is 9.59 Å². The molecule has 0 radical (unpaired) electrons.